The van der Waals surface area contributed by atoms with E-state index in [0.29, 0.717) is 11.3 Å². The number of pyridine rings is 1. The second-order valence-electron chi connectivity index (χ2n) is 9.10. The number of halogens is 4. The third kappa shape index (κ3) is 4.36. The Kier molecular flexibility index (Phi) is 5.86. The number of aryl methyl sites for hydroxylation is 1. The molecule has 1 N–H and O–H groups in total. The molecule has 36 heavy (non-hydrogen) atoms. The normalized spacial score (nSPS) is 19.4. The van der Waals surface area contributed by atoms with E-state index in [0.717, 1.165) is 22.6 Å². The van der Waals surface area contributed by atoms with E-state index in [1.54, 1.807) is 22.7 Å². The molecule has 0 saturated carbocycles. The molecule has 12 heteroatoms. The first-order valence-electron chi connectivity index (χ1n) is 11.3. The number of likely N-dealkylation sites (tertiary alicyclic amines) is 1. The molecular weight excluding hydrogens is 484 g/mol. The minimum Gasteiger partial charge on any atom is -0.465 e. The third-order valence-corrected chi connectivity index (χ3v) is 6.37. The summed E-state index contributed by atoms with van der Waals surface area (Å²) in [6.45, 7) is 0.698. The van der Waals surface area contributed by atoms with Gasteiger partial charge in [0, 0.05) is 24.7 Å². The summed E-state index contributed by atoms with van der Waals surface area (Å²) in [6.07, 6.45) is 0.155. The van der Waals surface area contributed by atoms with Crippen LogP contribution >= 0.6 is 0 Å². The molecule has 2 aliphatic rings. The van der Waals surface area contributed by atoms with Crippen molar-refractivity contribution in [1.29, 1.82) is 0 Å². The fourth-order valence-electron chi connectivity index (χ4n) is 4.59. The van der Waals surface area contributed by atoms with Crippen LogP contribution in [0.4, 0.5) is 22.4 Å². The highest BCUT2D eigenvalue weighted by Crippen LogP contribution is 2.34. The summed E-state index contributed by atoms with van der Waals surface area (Å²) in [5, 5.41) is 9.33. The number of rotatable bonds is 4. The van der Waals surface area contributed by atoms with Crippen LogP contribution in [0, 0.1) is 18.6 Å². The molecule has 0 bridgehead atoms. The van der Waals surface area contributed by atoms with Crippen LogP contribution in [0.1, 0.15) is 21.6 Å². The molecule has 4 heterocycles. The van der Waals surface area contributed by atoms with Gasteiger partial charge in [0.1, 0.15) is 17.3 Å². The van der Waals surface area contributed by atoms with Crippen molar-refractivity contribution in [3.05, 3.63) is 58.9 Å². The van der Waals surface area contributed by atoms with Gasteiger partial charge in [0.05, 0.1) is 49.3 Å². The number of aromatic nitrogens is 2. The number of ether oxygens (including phenoxy) is 1. The molecule has 0 radical (unpaired) electrons. The van der Waals surface area contributed by atoms with Crippen LogP contribution in [0.5, 0.6) is 0 Å². The van der Waals surface area contributed by atoms with Gasteiger partial charge in [-0.2, -0.15) is 0 Å². The third-order valence-electron chi connectivity index (χ3n) is 6.37. The van der Waals surface area contributed by atoms with Gasteiger partial charge in [-0.15, -0.1) is 0 Å². The van der Waals surface area contributed by atoms with Gasteiger partial charge in [-0.1, -0.05) is 0 Å². The van der Waals surface area contributed by atoms with Crippen molar-refractivity contribution in [2.24, 2.45) is 0 Å². The summed E-state index contributed by atoms with van der Waals surface area (Å²) < 4.78 is 64.3. The molecule has 190 valence electrons. The Balaban J connectivity index is 1.53. The maximum absolute atomic E-state index is 15.3. The molecule has 2 saturated heterocycles. The average molecular weight is 506 g/mol. The molecule has 2 aromatic heterocycles. The van der Waals surface area contributed by atoms with Gasteiger partial charge in [-0.3, -0.25) is 4.79 Å². The van der Waals surface area contributed by atoms with Crippen LogP contribution in [0.15, 0.2) is 30.5 Å². The summed E-state index contributed by atoms with van der Waals surface area (Å²) in [7, 11) is 0. The lowest BCUT2D eigenvalue weighted by molar-refractivity contribution is -0.113. The first kappa shape index (κ1) is 24.0. The maximum atomic E-state index is 15.3. The van der Waals surface area contributed by atoms with Gasteiger partial charge in [-0.05, 0) is 36.8 Å². The smallest absolute Gasteiger partial charge is 0.407 e. The van der Waals surface area contributed by atoms with E-state index in [2.05, 4.69) is 4.98 Å². The molecule has 0 unspecified atom stereocenters. The summed E-state index contributed by atoms with van der Waals surface area (Å²) >= 11 is 0. The highest BCUT2D eigenvalue weighted by Gasteiger charge is 2.46. The molecule has 2 fully saturated rings. The van der Waals surface area contributed by atoms with Crippen LogP contribution in [0.2, 0.25) is 0 Å². The van der Waals surface area contributed by atoms with Gasteiger partial charge in [-0.25, -0.2) is 27.3 Å². The minimum absolute atomic E-state index is 0.0128. The summed E-state index contributed by atoms with van der Waals surface area (Å²) in [6, 6.07) is 5.17. The van der Waals surface area contributed by atoms with E-state index in [-0.39, 0.29) is 37.4 Å². The van der Waals surface area contributed by atoms with Crippen LogP contribution in [0.3, 0.4) is 0 Å². The Bertz CT molecular complexity index is 1340. The number of imidazole rings is 1. The molecular formula is C24H22F4N4O4. The molecule has 5 rings (SSSR count). The Labute approximate surface area is 202 Å². The summed E-state index contributed by atoms with van der Waals surface area (Å²) in [5.74, 6) is -6.03. The number of hydrogen-bond acceptors (Lipinski definition) is 4. The van der Waals surface area contributed by atoms with E-state index in [9.17, 15) is 23.5 Å². The number of carboxylic acid groups (broad SMARTS) is 1. The lowest BCUT2D eigenvalue weighted by Crippen LogP contribution is -2.58. The van der Waals surface area contributed by atoms with Crippen molar-refractivity contribution < 1.29 is 37.0 Å². The average Bonchev–Trinajstić information content (AvgIpc) is 3.13. The van der Waals surface area contributed by atoms with E-state index in [1.807, 2.05) is 6.92 Å². The number of carbonyl (C=O) groups is 2. The highest BCUT2D eigenvalue weighted by atomic mass is 19.3. The number of amides is 2. The Morgan fingerprint density at radius 1 is 1.17 bits per heavy atom. The van der Waals surface area contributed by atoms with Gasteiger partial charge in [0.25, 0.3) is 11.8 Å². The van der Waals surface area contributed by atoms with E-state index in [1.165, 1.54) is 4.90 Å². The Morgan fingerprint density at radius 3 is 2.50 bits per heavy atom. The second kappa shape index (κ2) is 8.77. The predicted molar refractivity (Wildman–Crippen MR) is 119 cm³/mol. The zero-order valence-corrected chi connectivity index (χ0v) is 19.2. The number of nitrogens with zero attached hydrogens (tertiary/aromatic N) is 4. The number of fused-ring (bicyclic) bond motifs is 1. The first-order chi connectivity index (χ1) is 17.0. The van der Waals surface area contributed by atoms with Gasteiger partial charge in [0.2, 0.25) is 0 Å². The van der Waals surface area contributed by atoms with Crippen LogP contribution in [-0.2, 0) is 11.2 Å². The predicted octanol–water partition coefficient (Wildman–Crippen LogP) is 3.60. The Morgan fingerprint density at radius 2 is 1.86 bits per heavy atom. The molecule has 0 aliphatic carbocycles. The lowest BCUT2D eigenvalue weighted by atomic mass is 10.0. The second-order valence-corrected chi connectivity index (χ2v) is 9.10. The molecule has 2 amide bonds. The van der Waals surface area contributed by atoms with Gasteiger partial charge >= 0.3 is 6.09 Å². The van der Waals surface area contributed by atoms with E-state index < -0.39 is 54.3 Å². The number of morpholine rings is 1. The number of carbonyl (C=O) groups excluding carboxylic acids is 1. The molecule has 1 aromatic carbocycles. The standard InChI is InChI=1S/C24H22F4N4O4/c1-13-2-3-32-18(9-15-10-30(23(34)35)4-5-36-15)21(29-19(32)6-13)20-16(25)7-14(8-17(20)26)22(33)31-11-24(27,28)12-31/h2-3,6-8,15H,4-5,9-12H2,1H3,(H,34,35)/t15-/m0/s1. The van der Waals surface area contributed by atoms with Crippen LogP contribution in [0.25, 0.3) is 16.9 Å². The van der Waals surface area contributed by atoms with Gasteiger partial charge in [0.15, 0.2) is 0 Å². The molecule has 0 spiro atoms. The number of hydrogen-bond donors (Lipinski definition) is 1. The zero-order valence-electron chi connectivity index (χ0n) is 19.2. The summed E-state index contributed by atoms with van der Waals surface area (Å²) in [5.41, 5.74) is 0.834. The van der Waals surface area contributed by atoms with E-state index >= 15 is 8.78 Å². The topological polar surface area (TPSA) is 87.4 Å². The SMILES string of the molecule is Cc1ccn2c(C[C@H]3CN(C(=O)O)CCO3)c(-c3c(F)cc(C(=O)N4CC(F)(F)C4)cc3F)nc2c1. The quantitative estimate of drug-likeness (QED) is 0.547. The summed E-state index contributed by atoms with van der Waals surface area (Å²) in [4.78, 5) is 30.3. The monoisotopic (exact) mass is 506 g/mol. The highest BCUT2D eigenvalue weighted by molar-refractivity contribution is 5.95. The van der Waals surface area contributed by atoms with Crippen molar-refractivity contribution in [3.63, 3.8) is 0 Å². The van der Waals surface area contributed by atoms with Crippen molar-refractivity contribution in [2.75, 3.05) is 32.8 Å². The number of alkyl halides is 2. The number of benzene rings is 1. The fraction of sp³-hybridized carbons (Fsp3) is 0.375. The fourth-order valence-corrected chi connectivity index (χ4v) is 4.59. The lowest BCUT2D eigenvalue weighted by Gasteiger charge is -2.38. The molecule has 1 atom stereocenters. The van der Waals surface area contributed by atoms with E-state index in [4.69, 9.17) is 4.74 Å². The first-order valence-corrected chi connectivity index (χ1v) is 11.3. The van der Waals surface area contributed by atoms with Crippen molar-refractivity contribution in [2.45, 2.75) is 25.4 Å². The molecule has 2 aliphatic heterocycles. The van der Waals surface area contributed by atoms with Crippen molar-refractivity contribution >= 4 is 17.6 Å². The minimum atomic E-state index is -3.01. The molecule has 3 aromatic rings. The Hall–Kier alpha value is -3.67. The van der Waals surface area contributed by atoms with Gasteiger partial charge < -0.3 is 24.0 Å². The maximum Gasteiger partial charge on any atom is 0.407 e. The van der Waals surface area contributed by atoms with Crippen molar-refractivity contribution in [1.82, 2.24) is 19.2 Å². The van der Waals surface area contributed by atoms with Crippen LogP contribution in [-0.4, -0.2) is 81.1 Å². The van der Waals surface area contributed by atoms with Crippen molar-refractivity contribution in [3.8, 4) is 11.3 Å². The molecule has 8 nitrogen and oxygen atoms in total. The largest absolute Gasteiger partial charge is 0.465 e. The van der Waals surface area contributed by atoms with Crippen LogP contribution < -0.4 is 0 Å². The zero-order chi connectivity index (χ0) is 25.8.